The van der Waals surface area contributed by atoms with Crippen LogP contribution in [0.2, 0.25) is 0 Å². The number of piperazine rings is 1. The van der Waals surface area contributed by atoms with Gasteiger partial charge in [0.2, 0.25) is 11.7 Å². The van der Waals surface area contributed by atoms with Gasteiger partial charge in [0.15, 0.2) is 0 Å². The molecule has 1 fully saturated rings. The molecule has 212 valence electrons. The van der Waals surface area contributed by atoms with E-state index >= 15 is 0 Å². The highest BCUT2D eigenvalue weighted by atomic mass is 16.5. The fourth-order valence-corrected chi connectivity index (χ4v) is 6.12. The van der Waals surface area contributed by atoms with Gasteiger partial charge in [-0.2, -0.15) is 4.98 Å². The van der Waals surface area contributed by atoms with Crippen molar-refractivity contribution < 1.29 is 14.1 Å². The van der Waals surface area contributed by atoms with Crippen molar-refractivity contribution in [2.45, 2.75) is 46.2 Å². The zero-order chi connectivity index (χ0) is 28.8. The van der Waals surface area contributed by atoms with Crippen molar-refractivity contribution in [3.63, 3.8) is 0 Å². The van der Waals surface area contributed by atoms with Crippen LogP contribution in [0.4, 0.5) is 11.4 Å². The van der Waals surface area contributed by atoms with Crippen LogP contribution in [-0.4, -0.2) is 66.8 Å². The summed E-state index contributed by atoms with van der Waals surface area (Å²) in [5.74, 6) is 2.02. The second-order valence-electron chi connectivity index (χ2n) is 11.4. The van der Waals surface area contributed by atoms with Crippen LogP contribution < -0.4 is 14.5 Å². The lowest BCUT2D eigenvalue weighted by atomic mass is 9.97. The molecule has 8 nitrogen and oxygen atoms in total. The van der Waals surface area contributed by atoms with Crippen LogP contribution in [0.25, 0.3) is 22.5 Å². The fourth-order valence-electron chi connectivity index (χ4n) is 6.12. The van der Waals surface area contributed by atoms with E-state index in [9.17, 15) is 4.79 Å². The third-order valence-corrected chi connectivity index (χ3v) is 8.68. The second-order valence-corrected chi connectivity index (χ2v) is 11.4. The van der Waals surface area contributed by atoms with Crippen molar-refractivity contribution in [3.05, 3.63) is 77.2 Å². The molecule has 0 radical (unpaired) electrons. The first-order chi connectivity index (χ1) is 19.7. The smallest absolute Gasteiger partial charge is 0.258 e. The third-order valence-electron chi connectivity index (χ3n) is 8.68. The van der Waals surface area contributed by atoms with Gasteiger partial charge in [-0.1, -0.05) is 29.4 Å². The Hall–Kier alpha value is -4.17. The normalized spacial score (nSPS) is 19.0. The average Bonchev–Trinajstić information content (AvgIpc) is 3.60. The summed E-state index contributed by atoms with van der Waals surface area (Å²) in [6.07, 6.45) is 0.816. The van der Waals surface area contributed by atoms with Gasteiger partial charge < -0.3 is 19.1 Å². The molecule has 0 saturated carbocycles. The van der Waals surface area contributed by atoms with E-state index in [1.54, 1.807) is 14.0 Å². The van der Waals surface area contributed by atoms with Gasteiger partial charge in [0.25, 0.3) is 5.91 Å². The number of benzene rings is 3. The van der Waals surface area contributed by atoms with Crippen molar-refractivity contribution >= 4 is 17.3 Å². The lowest BCUT2D eigenvalue weighted by molar-refractivity contribution is 0.0989. The Bertz CT molecular complexity index is 1580. The number of methoxy groups -OCH3 is 1. The number of carbonyl (C=O) groups is 1. The van der Waals surface area contributed by atoms with Crippen LogP contribution in [0.3, 0.4) is 0 Å². The zero-order valence-corrected chi connectivity index (χ0v) is 24.6. The molecule has 4 aromatic rings. The lowest BCUT2D eigenvalue weighted by Crippen LogP contribution is -2.55. The maximum atomic E-state index is 13.8. The number of ether oxygens (including phenoxy) is 1. The number of hydrogen-bond acceptors (Lipinski definition) is 7. The molecule has 41 heavy (non-hydrogen) atoms. The number of amides is 1. The number of anilines is 2. The van der Waals surface area contributed by atoms with E-state index in [-0.39, 0.29) is 5.91 Å². The SMILES string of the molecule is COc1cc2c(cc1N1CC(C)N(C)C(C)C1)N(C(=O)c1ccc(-c3ccc(-c4noc(C)n4)cc3C)cc1)CC2. The quantitative estimate of drug-likeness (QED) is 0.312. The van der Waals surface area contributed by atoms with Gasteiger partial charge in [0.05, 0.1) is 12.8 Å². The molecule has 2 atom stereocenters. The first kappa shape index (κ1) is 27.0. The van der Waals surface area contributed by atoms with E-state index in [4.69, 9.17) is 9.26 Å². The number of aromatic nitrogens is 2. The summed E-state index contributed by atoms with van der Waals surface area (Å²) in [6.45, 7) is 10.9. The first-order valence-electron chi connectivity index (χ1n) is 14.2. The molecule has 6 rings (SSSR count). The van der Waals surface area contributed by atoms with Crippen LogP contribution in [0, 0.1) is 13.8 Å². The predicted octanol–water partition coefficient (Wildman–Crippen LogP) is 5.76. The second kappa shape index (κ2) is 10.7. The minimum atomic E-state index is 0.0195. The predicted molar refractivity (Wildman–Crippen MR) is 162 cm³/mol. The Morgan fingerprint density at radius 3 is 2.29 bits per heavy atom. The van der Waals surface area contributed by atoms with E-state index in [1.807, 2.05) is 35.2 Å². The van der Waals surface area contributed by atoms with Crippen LogP contribution in [0.5, 0.6) is 5.75 Å². The molecule has 2 unspecified atom stereocenters. The van der Waals surface area contributed by atoms with E-state index in [0.29, 0.717) is 35.9 Å². The topological polar surface area (TPSA) is 74.9 Å². The van der Waals surface area contributed by atoms with Gasteiger partial charge >= 0.3 is 0 Å². The average molecular weight is 552 g/mol. The van der Waals surface area contributed by atoms with Crippen molar-refractivity contribution in [2.75, 3.05) is 43.6 Å². The summed E-state index contributed by atoms with van der Waals surface area (Å²) in [7, 11) is 3.92. The Kier molecular flexibility index (Phi) is 7.03. The van der Waals surface area contributed by atoms with Gasteiger partial charge in [-0.15, -0.1) is 0 Å². The molecular weight excluding hydrogens is 514 g/mol. The zero-order valence-electron chi connectivity index (χ0n) is 24.6. The molecule has 3 heterocycles. The Morgan fingerprint density at radius 2 is 1.66 bits per heavy atom. The van der Waals surface area contributed by atoms with Crippen LogP contribution >= 0.6 is 0 Å². The van der Waals surface area contributed by atoms with Crippen LogP contribution in [0.1, 0.15) is 41.2 Å². The summed E-state index contributed by atoms with van der Waals surface area (Å²) in [4.78, 5) is 24.8. The molecule has 1 saturated heterocycles. The van der Waals surface area contributed by atoms with Gasteiger partial charge in [-0.25, -0.2) is 0 Å². The summed E-state index contributed by atoms with van der Waals surface area (Å²) in [5.41, 5.74) is 8.05. The number of likely N-dealkylation sites (N-methyl/N-ethyl adjacent to an activating group) is 1. The van der Waals surface area contributed by atoms with Crippen molar-refractivity contribution in [3.8, 4) is 28.3 Å². The number of carbonyl (C=O) groups excluding carboxylic acids is 1. The largest absolute Gasteiger partial charge is 0.495 e. The molecule has 1 amide bonds. The summed E-state index contributed by atoms with van der Waals surface area (Å²) in [6, 6.07) is 19.2. The monoisotopic (exact) mass is 551 g/mol. The summed E-state index contributed by atoms with van der Waals surface area (Å²) < 4.78 is 11.0. The lowest BCUT2D eigenvalue weighted by Gasteiger charge is -2.44. The highest BCUT2D eigenvalue weighted by Gasteiger charge is 2.32. The molecule has 0 bridgehead atoms. The summed E-state index contributed by atoms with van der Waals surface area (Å²) in [5, 5.41) is 4.03. The standard InChI is InChI=1S/C33H37N5O3/c1-20-15-27(32-34-23(4)41-35-32)11-12-28(20)24-7-9-25(10-8-24)33(39)38-14-13-26-16-31(40-6)30(17-29(26)38)37-18-21(2)36(5)22(3)19-37/h7-12,15-17,21-22H,13-14,18-19H2,1-6H3. The molecule has 2 aliphatic rings. The van der Waals surface area contributed by atoms with E-state index in [2.05, 4.69) is 72.0 Å². The van der Waals surface area contributed by atoms with Gasteiger partial charge in [-0.3, -0.25) is 9.69 Å². The Labute approximate surface area is 241 Å². The molecule has 1 aromatic heterocycles. The first-order valence-corrected chi connectivity index (χ1v) is 14.2. The molecular formula is C33H37N5O3. The molecule has 0 spiro atoms. The Balaban J connectivity index is 1.24. The van der Waals surface area contributed by atoms with Crippen molar-refractivity contribution in [1.29, 1.82) is 0 Å². The molecule has 2 aliphatic heterocycles. The van der Waals surface area contributed by atoms with Gasteiger partial charge in [-0.05, 0) is 86.8 Å². The number of hydrogen-bond donors (Lipinski definition) is 0. The minimum absolute atomic E-state index is 0.0195. The highest BCUT2D eigenvalue weighted by Crippen LogP contribution is 2.41. The minimum Gasteiger partial charge on any atom is -0.495 e. The van der Waals surface area contributed by atoms with Gasteiger partial charge in [0, 0.05) is 55.5 Å². The number of aryl methyl sites for hydroxylation is 2. The van der Waals surface area contributed by atoms with Crippen LogP contribution in [-0.2, 0) is 6.42 Å². The van der Waals surface area contributed by atoms with Crippen LogP contribution in [0.15, 0.2) is 59.1 Å². The maximum Gasteiger partial charge on any atom is 0.258 e. The number of nitrogens with zero attached hydrogens (tertiary/aromatic N) is 5. The Morgan fingerprint density at radius 1 is 0.951 bits per heavy atom. The highest BCUT2D eigenvalue weighted by molar-refractivity contribution is 6.08. The summed E-state index contributed by atoms with van der Waals surface area (Å²) >= 11 is 0. The van der Waals surface area contributed by atoms with Crippen molar-refractivity contribution in [2.24, 2.45) is 0 Å². The molecule has 0 aliphatic carbocycles. The van der Waals surface area contributed by atoms with E-state index < -0.39 is 0 Å². The molecule has 0 N–H and O–H groups in total. The maximum absolute atomic E-state index is 13.8. The number of fused-ring (bicyclic) bond motifs is 1. The third kappa shape index (κ3) is 4.97. The molecule has 3 aromatic carbocycles. The van der Waals surface area contributed by atoms with E-state index in [0.717, 1.165) is 64.5 Å². The fraction of sp³-hybridized carbons (Fsp3) is 0.364. The molecule has 8 heteroatoms. The van der Waals surface area contributed by atoms with E-state index in [1.165, 1.54) is 0 Å². The van der Waals surface area contributed by atoms with Crippen molar-refractivity contribution in [1.82, 2.24) is 15.0 Å². The number of rotatable bonds is 5. The van der Waals surface area contributed by atoms with Gasteiger partial charge in [0.1, 0.15) is 5.75 Å².